The lowest BCUT2D eigenvalue weighted by Gasteiger charge is -2.16. The number of nitrogens with one attached hydrogen (secondary N) is 1. The first-order valence-corrected chi connectivity index (χ1v) is 5.45. The highest BCUT2D eigenvalue weighted by Crippen LogP contribution is 2.35. The van der Waals surface area contributed by atoms with E-state index in [1.54, 1.807) is 0 Å². The average molecular weight is 259 g/mol. The number of nitrogens with zero attached hydrogens (tertiary/aromatic N) is 1. The molecule has 1 aromatic rings. The number of ether oxygens (including phenoxy) is 1. The van der Waals surface area contributed by atoms with Gasteiger partial charge in [-0.2, -0.15) is 0 Å². The first-order chi connectivity index (χ1) is 8.09. The zero-order chi connectivity index (χ0) is 12.4. The summed E-state index contributed by atoms with van der Waals surface area (Å²) in [4.78, 5) is 10.3. The fraction of sp³-hybridized carbons (Fsp3) is 0.400. The van der Waals surface area contributed by atoms with Crippen LogP contribution in [0.25, 0.3) is 0 Å². The fourth-order valence-electron chi connectivity index (χ4n) is 1.67. The quantitative estimate of drug-likeness (QED) is 0.623. The number of halogens is 1. The summed E-state index contributed by atoms with van der Waals surface area (Å²) in [5, 5.41) is 23.5. The Morgan fingerprint density at radius 1 is 1.53 bits per heavy atom. The largest absolute Gasteiger partial charge is 0.478 e. The molecule has 2 rings (SSSR count). The van der Waals surface area contributed by atoms with Crippen molar-refractivity contribution in [2.45, 2.75) is 12.2 Å². The van der Waals surface area contributed by atoms with Crippen LogP contribution in [0.3, 0.4) is 0 Å². The molecule has 0 spiro atoms. The van der Waals surface area contributed by atoms with Gasteiger partial charge < -0.3 is 15.2 Å². The lowest BCUT2D eigenvalue weighted by Crippen LogP contribution is -2.30. The number of aliphatic hydroxyl groups excluding tert-OH is 1. The number of para-hydroxylation sites is 1. The van der Waals surface area contributed by atoms with Gasteiger partial charge in [0.15, 0.2) is 0 Å². The van der Waals surface area contributed by atoms with Crippen molar-refractivity contribution in [3.05, 3.63) is 33.3 Å². The number of hydrogen-bond acceptors (Lipinski definition) is 5. The van der Waals surface area contributed by atoms with Crippen molar-refractivity contribution in [2.24, 2.45) is 0 Å². The van der Waals surface area contributed by atoms with Gasteiger partial charge in [-0.15, -0.1) is 0 Å². The highest BCUT2D eigenvalue weighted by atomic mass is 35.5. The number of β-amino-alcohol motifs (C(OH)–C–C–N with tert-alkyl or cyclic N) is 1. The number of nitro groups is 1. The molecule has 0 radical (unpaired) electrons. The van der Waals surface area contributed by atoms with E-state index in [4.69, 9.17) is 16.3 Å². The minimum absolute atomic E-state index is 0.00640. The van der Waals surface area contributed by atoms with Crippen LogP contribution >= 0.6 is 11.6 Å². The van der Waals surface area contributed by atoms with Gasteiger partial charge in [-0.1, -0.05) is 17.7 Å². The van der Waals surface area contributed by atoms with Crippen molar-refractivity contribution < 1.29 is 14.8 Å². The zero-order valence-electron chi connectivity index (χ0n) is 8.80. The lowest BCUT2D eigenvalue weighted by atomic mass is 10.2. The second-order valence-electron chi connectivity index (χ2n) is 3.73. The summed E-state index contributed by atoms with van der Waals surface area (Å²) in [6.07, 6.45) is -1.21. The van der Waals surface area contributed by atoms with E-state index in [1.165, 1.54) is 18.2 Å². The molecule has 17 heavy (non-hydrogen) atoms. The maximum absolute atomic E-state index is 10.8. The Labute approximate surface area is 102 Å². The molecule has 1 aliphatic rings. The number of benzene rings is 1. The van der Waals surface area contributed by atoms with Gasteiger partial charge in [-0.05, 0) is 6.07 Å². The average Bonchev–Trinajstić information content (AvgIpc) is 2.67. The summed E-state index contributed by atoms with van der Waals surface area (Å²) < 4.78 is 5.42. The van der Waals surface area contributed by atoms with Crippen LogP contribution in [0.15, 0.2) is 18.2 Å². The van der Waals surface area contributed by atoms with Crippen molar-refractivity contribution in [3.63, 3.8) is 0 Å². The Balaban J connectivity index is 2.27. The molecule has 1 fully saturated rings. The van der Waals surface area contributed by atoms with Gasteiger partial charge in [-0.3, -0.25) is 10.1 Å². The van der Waals surface area contributed by atoms with Crippen LogP contribution < -0.4 is 10.1 Å². The Morgan fingerprint density at radius 3 is 2.88 bits per heavy atom. The highest BCUT2D eigenvalue weighted by molar-refractivity contribution is 6.32. The Bertz CT molecular complexity index is 440. The van der Waals surface area contributed by atoms with E-state index in [2.05, 4.69) is 5.32 Å². The molecule has 1 heterocycles. The normalized spacial score (nSPS) is 23.6. The molecule has 2 atom stereocenters. The number of aliphatic hydroxyl groups is 1. The van der Waals surface area contributed by atoms with Crippen molar-refractivity contribution in [1.29, 1.82) is 0 Å². The SMILES string of the molecule is O=[N+]([O-])c1cccc(Cl)c1O[C@H]1CNC[C@@H]1O. The lowest BCUT2D eigenvalue weighted by molar-refractivity contribution is -0.386. The summed E-state index contributed by atoms with van der Waals surface area (Å²) >= 11 is 5.87. The molecule has 6 nitrogen and oxygen atoms in total. The first kappa shape index (κ1) is 12.1. The summed E-state index contributed by atoms with van der Waals surface area (Å²) in [7, 11) is 0. The molecule has 0 aromatic heterocycles. The molecule has 1 saturated heterocycles. The second kappa shape index (κ2) is 4.87. The Morgan fingerprint density at radius 2 is 2.29 bits per heavy atom. The van der Waals surface area contributed by atoms with Crippen LogP contribution in [-0.4, -0.2) is 35.3 Å². The van der Waals surface area contributed by atoms with Gasteiger partial charge in [0.25, 0.3) is 0 Å². The third kappa shape index (κ3) is 2.49. The summed E-state index contributed by atoms with van der Waals surface area (Å²) in [5.41, 5.74) is -0.198. The molecule has 0 aliphatic carbocycles. The summed E-state index contributed by atoms with van der Waals surface area (Å²) in [5.74, 6) is 0.00640. The van der Waals surface area contributed by atoms with E-state index in [0.29, 0.717) is 13.1 Å². The minimum Gasteiger partial charge on any atom is -0.478 e. The number of hydrogen-bond donors (Lipinski definition) is 2. The van der Waals surface area contributed by atoms with Crippen LogP contribution in [-0.2, 0) is 0 Å². The highest BCUT2D eigenvalue weighted by Gasteiger charge is 2.30. The second-order valence-corrected chi connectivity index (χ2v) is 4.13. The maximum atomic E-state index is 10.8. The van der Waals surface area contributed by atoms with Crippen LogP contribution in [0.5, 0.6) is 5.75 Å². The number of rotatable bonds is 3. The van der Waals surface area contributed by atoms with Crippen molar-refractivity contribution in [2.75, 3.05) is 13.1 Å². The van der Waals surface area contributed by atoms with Gasteiger partial charge in [0.1, 0.15) is 12.2 Å². The smallest absolute Gasteiger partial charge is 0.312 e. The third-order valence-electron chi connectivity index (χ3n) is 2.54. The fourth-order valence-corrected chi connectivity index (χ4v) is 1.88. The monoisotopic (exact) mass is 258 g/mol. The predicted octanol–water partition coefficient (Wildman–Crippen LogP) is 0.960. The molecule has 0 bridgehead atoms. The van der Waals surface area contributed by atoms with Crippen LogP contribution in [0.1, 0.15) is 0 Å². The van der Waals surface area contributed by atoms with Crippen molar-refractivity contribution >= 4 is 17.3 Å². The van der Waals surface area contributed by atoms with Gasteiger partial charge >= 0.3 is 5.69 Å². The molecule has 0 unspecified atom stereocenters. The molecule has 2 N–H and O–H groups in total. The topological polar surface area (TPSA) is 84.6 Å². The molecular weight excluding hydrogens is 248 g/mol. The molecule has 92 valence electrons. The van der Waals surface area contributed by atoms with E-state index in [0.717, 1.165) is 0 Å². The van der Waals surface area contributed by atoms with Gasteiger partial charge in [0, 0.05) is 19.2 Å². The van der Waals surface area contributed by atoms with E-state index in [1.807, 2.05) is 0 Å². The summed E-state index contributed by atoms with van der Waals surface area (Å²) in [6.45, 7) is 0.840. The van der Waals surface area contributed by atoms with E-state index >= 15 is 0 Å². The molecule has 0 amide bonds. The summed E-state index contributed by atoms with van der Waals surface area (Å²) in [6, 6.07) is 4.31. The standard InChI is InChI=1S/C10H11ClN2O4/c11-6-2-1-3-7(13(15)16)10(6)17-9-5-12-4-8(9)14/h1-3,8-9,12,14H,4-5H2/t8-,9-/m0/s1. The molecule has 0 saturated carbocycles. The van der Waals surface area contributed by atoms with E-state index in [-0.39, 0.29) is 16.5 Å². The van der Waals surface area contributed by atoms with E-state index in [9.17, 15) is 15.2 Å². The predicted molar refractivity (Wildman–Crippen MR) is 61.4 cm³/mol. The van der Waals surface area contributed by atoms with Gasteiger partial charge in [-0.25, -0.2) is 0 Å². The molecule has 7 heteroatoms. The van der Waals surface area contributed by atoms with Crippen LogP contribution in [0, 0.1) is 10.1 Å². The maximum Gasteiger partial charge on any atom is 0.312 e. The van der Waals surface area contributed by atoms with Crippen LogP contribution in [0.4, 0.5) is 5.69 Å². The molecule has 1 aromatic carbocycles. The molecular formula is C10H11ClN2O4. The Kier molecular flexibility index (Phi) is 3.46. The first-order valence-electron chi connectivity index (χ1n) is 5.08. The Hall–Kier alpha value is -1.37. The van der Waals surface area contributed by atoms with Gasteiger partial charge in [0.05, 0.1) is 9.95 Å². The van der Waals surface area contributed by atoms with Crippen molar-refractivity contribution in [3.8, 4) is 5.75 Å². The third-order valence-corrected chi connectivity index (χ3v) is 2.84. The van der Waals surface area contributed by atoms with Crippen LogP contribution in [0.2, 0.25) is 5.02 Å². The number of nitro benzene ring substituents is 1. The van der Waals surface area contributed by atoms with Gasteiger partial charge in [0.2, 0.25) is 5.75 Å². The van der Waals surface area contributed by atoms with E-state index < -0.39 is 17.1 Å². The van der Waals surface area contributed by atoms with Crippen molar-refractivity contribution in [1.82, 2.24) is 5.32 Å². The minimum atomic E-state index is -0.689. The zero-order valence-corrected chi connectivity index (χ0v) is 9.55. The molecule has 1 aliphatic heterocycles.